The summed E-state index contributed by atoms with van der Waals surface area (Å²) in [5.41, 5.74) is 0.972. The molecule has 1 nitrogen and oxygen atoms in total. The Kier molecular flexibility index (Phi) is 3.20. The summed E-state index contributed by atoms with van der Waals surface area (Å²) in [4.78, 5) is 0. The lowest BCUT2D eigenvalue weighted by atomic mass is 9.83. The fourth-order valence-corrected chi connectivity index (χ4v) is 2.35. The lowest BCUT2D eigenvalue weighted by Crippen LogP contribution is -2.14. The second kappa shape index (κ2) is 4.61. The van der Waals surface area contributed by atoms with Gasteiger partial charge in [-0.2, -0.15) is 0 Å². The zero-order chi connectivity index (χ0) is 9.80. The van der Waals surface area contributed by atoms with Crippen molar-refractivity contribution in [3.63, 3.8) is 0 Å². The number of hydrogen-bond acceptors (Lipinski definition) is 0. The molecule has 1 aliphatic rings. The third-order valence-electron chi connectivity index (χ3n) is 3.21. The van der Waals surface area contributed by atoms with E-state index in [1.807, 2.05) is 30.3 Å². The van der Waals surface area contributed by atoms with Gasteiger partial charge in [-0.05, 0) is 24.3 Å². The average molecular weight is 189 g/mol. The Hall–Kier alpha value is -0.820. The summed E-state index contributed by atoms with van der Waals surface area (Å²) in [5.74, 6) is 0.381. The predicted molar refractivity (Wildman–Crippen MR) is 56.4 cm³/mol. The van der Waals surface area contributed by atoms with Gasteiger partial charge in [-0.25, -0.2) is 5.11 Å². The maximum atomic E-state index is 12.1. The molecular formula is C13H17O. The molecule has 1 aromatic rings. The standard InChI is InChI=1S/C13H17O/c14-13(11-7-3-1-4-8-11)12-9-5-2-6-10-12/h1,3-4,7-8,12-13H,2,5-6,9-10H2. The zero-order valence-electron chi connectivity index (χ0n) is 8.49. The molecule has 0 aliphatic heterocycles. The van der Waals surface area contributed by atoms with E-state index < -0.39 is 6.10 Å². The van der Waals surface area contributed by atoms with E-state index in [2.05, 4.69) is 0 Å². The van der Waals surface area contributed by atoms with Gasteiger partial charge in [0.1, 0.15) is 6.10 Å². The Bertz CT molecular complexity index is 262. The smallest absolute Gasteiger partial charge is 0.121 e. The highest BCUT2D eigenvalue weighted by atomic mass is 16.3. The summed E-state index contributed by atoms with van der Waals surface area (Å²) in [6, 6.07) is 9.82. The summed E-state index contributed by atoms with van der Waals surface area (Å²) < 4.78 is 0. The maximum absolute atomic E-state index is 12.1. The Morgan fingerprint density at radius 1 is 1.00 bits per heavy atom. The highest BCUT2D eigenvalue weighted by Crippen LogP contribution is 2.34. The Balaban J connectivity index is 2.03. The van der Waals surface area contributed by atoms with Crippen molar-refractivity contribution in [2.75, 3.05) is 0 Å². The molecule has 0 aromatic heterocycles. The van der Waals surface area contributed by atoms with Gasteiger partial charge in [0.15, 0.2) is 0 Å². The molecule has 1 radical (unpaired) electrons. The highest BCUT2D eigenvalue weighted by Gasteiger charge is 2.23. The van der Waals surface area contributed by atoms with Crippen molar-refractivity contribution in [3.8, 4) is 0 Å². The van der Waals surface area contributed by atoms with E-state index in [4.69, 9.17) is 0 Å². The minimum absolute atomic E-state index is 0.381. The van der Waals surface area contributed by atoms with Crippen LogP contribution in [0.15, 0.2) is 30.3 Å². The van der Waals surface area contributed by atoms with Crippen molar-refractivity contribution >= 4 is 0 Å². The predicted octanol–water partition coefficient (Wildman–Crippen LogP) is 3.74. The van der Waals surface area contributed by atoms with Crippen LogP contribution in [-0.4, -0.2) is 0 Å². The van der Waals surface area contributed by atoms with Gasteiger partial charge in [-0.1, -0.05) is 49.6 Å². The van der Waals surface area contributed by atoms with E-state index >= 15 is 0 Å². The van der Waals surface area contributed by atoms with Crippen LogP contribution in [0, 0.1) is 5.92 Å². The van der Waals surface area contributed by atoms with Crippen LogP contribution < -0.4 is 0 Å². The van der Waals surface area contributed by atoms with E-state index in [0.29, 0.717) is 5.92 Å². The molecule has 0 spiro atoms. The van der Waals surface area contributed by atoms with Crippen LogP contribution in [0.25, 0.3) is 0 Å². The average Bonchev–Trinajstić information content (AvgIpc) is 2.30. The first-order valence-electron chi connectivity index (χ1n) is 5.58. The first kappa shape index (κ1) is 9.72. The molecule has 2 rings (SSSR count). The van der Waals surface area contributed by atoms with Crippen molar-refractivity contribution in [1.29, 1.82) is 0 Å². The lowest BCUT2D eigenvalue weighted by molar-refractivity contribution is 0.0198. The topological polar surface area (TPSA) is 19.9 Å². The van der Waals surface area contributed by atoms with E-state index in [0.717, 1.165) is 18.4 Å². The molecule has 0 amide bonds. The van der Waals surface area contributed by atoms with Gasteiger partial charge < -0.3 is 0 Å². The SMILES string of the molecule is [O]C(c1ccccc1)C1CCCCC1. The molecule has 0 bridgehead atoms. The fourth-order valence-electron chi connectivity index (χ4n) is 2.35. The first-order valence-corrected chi connectivity index (χ1v) is 5.58. The van der Waals surface area contributed by atoms with Gasteiger partial charge in [-0.15, -0.1) is 0 Å². The lowest BCUT2D eigenvalue weighted by Gasteiger charge is -2.25. The number of rotatable bonds is 2. The van der Waals surface area contributed by atoms with E-state index in [9.17, 15) is 5.11 Å². The summed E-state index contributed by atoms with van der Waals surface area (Å²) in [5, 5.41) is 12.1. The summed E-state index contributed by atoms with van der Waals surface area (Å²) >= 11 is 0. The molecule has 1 aromatic carbocycles. The van der Waals surface area contributed by atoms with Crippen LogP contribution in [0.2, 0.25) is 0 Å². The molecule has 1 atom stereocenters. The largest absolute Gasteiger partial charge is 0.228 e. The Labute approximate surface area is 85.8 Å². The fraction of sp³-hybridized carbons (Fsp3) is 0.538. The summed E-state index contributed by atoms with van der Waals surface area (Å²) in [7, 11) is 0. The Morgan fingerprint density at radius 3 is 2.29 bits per heavy atom. The molecule has 1 unspecified atom stereocenters. The first-order chi connectivity index (χ1) is 6.88. The minimum Gasteiger partial charge on any atom is -0.228 e. The maximum Gasteiger partial charge on any atom is 0.121 e. The monoisotopic (exact) mass is 189 g/mol. The van der Waals surface area contributed by atoms with Crippen LogP contribution in [-0.2, 0) is 5.11 Å². The van der Waals surface area contributed by atoms with Crippen molar-refractivity contribution in [2.45, 2.75) is 38.2 Å². The van der Waals surface area contributed by atoms with Crippen molar-refractivity contribution in [2.24, 2.45) is 5.92 Å². The molecule has 0 heterocycles. The van der Waals surface area contributed by atoms with E-state index in [-0.39, 0.29) is 0 Å². The summed E-state index contributed by atoms with van der Waals surface area (Å²) in [6.45, 7) is 0. The van der Waals surface area contributed by atoms with Gasteiger partial charge in [0, 0.05) is 0 Å². The van der Waals surface area contributed by atoms with Crippen molar-refractivity contribution < 1.29 is 5.11 Å². The quantitative estimate of drug-likeness (QED) is 0.675. The minimum atomic E-state index is -0.489. The molecule has 1 saturated carbocycles. The zero-order valence-corrected chi connectivity index (χ0v) is 8.49. The van der Waals surface area contributed by atoms with Crippen LogP contribution in [0.4, 0.5) is 0 Å². The van der Waals surface area contributed by atoms with Crippen LogP contribution in [0.1, 0.15) is 43.8 Å². The molecule has 75 valence electrons. The molecular weight excluding hydrogens is 172 g/mol. The molecule has 1 heteroatoms. The van der Waals surface area contributed by atoms with Crippen LogP contribution in [0.5, 0.6) is 0 Å². The second-order valence-electron chi connectivity index (χ2n) is 4.23. The van der Waals surface area contributed by atoms with E-state index in [1.165, 1.54) is 19.3 Å². The van der Waals surface area contributed by atoms with Crippen molar-refractivity contribution in [1.82, 2.24) is 0 Å². The molecule has 1 aliphatic carbocycles. The third-order valence-corrected chi connectivity index (χ3v) is 3.21. The second-order valence-corrected chi connectivity index (χ2v) is 4.23. The van der Waals surface area contributed by atoms with Crippen LogP contribution >= 0.6 is 0 Å². The Morgan fingerprint density at radius 2 is 1.64 bits per heavy atom. The number of benzene rings is 1. The number of hydrogen-bond donors (Lipinski definition) is 0. The van der Waals surface area contributed by atoms with Crippen LogP contribution in [0.3, 0.4) is 0 Å². The van der Waals surface area contributed by atoms with Crippen molar-refractivity contribution in [3.05, 3.63) is 35.9 Å². The van der Waals surface area contributed by atoms with Gasteiger partial charge >= 0.3 is 0 Å². The van der Waals surface area contributed by atoms with Gasteiger partial charge in [-0.3, -0.25) is 0 Å². The van der Waals surface area contributed by atoms with Gasteiger partial charge in [0.2, 0.25) is 0 Å². The summed E-state index contributed by atoms with van der Waals surface area (Å²) in [6.07, 6.45) is 5.58. The normalized spacial score (nSPS) is 20.6. The highest BCUT2D eigenvalue weighted by molar-refractivity contribution is 5.17. The molecule has 0 saturated heterocycles. The molecule has 14 heavy (non-hydrogen) atoms. The molecule has 1 fully saturated rings. The van der Waals surface area contributed by atoms with E-state index in [1.54, 1.807) is 0 Å². The van der Waals surface area contributed by atoms with Gasteiger partial charge in [0.25, 0.3) is 0 Å². The van der Waals surface area contributed by atoms with Gasteiger partial charge in [0.05, 0.1) is 0 Å². The molecule has 0 N–H and O–H groups in total. The third kappa shape index (κ3) is 2.16.